The number of hydrogen-bond donors (Lipinski definition) is 0. The van der Waals surface area contributed by atoms with Crippen molar-refractivity contribution < 1.29 is 19.0 Å². The van der Waals surface area contributed by atoms with Gasteiger partial charge in [-0.2, -0.15) is 0 Å². The molecular formula is C22H22O4. The summed E-state index contributed by atoms with van der Waals surface area (Å²) >= 11 is 0. The molecule has 0 saturated heterocycles. The van der Waals surface area contributed by atoms with Crippen molar-refractivity contribution in [1.29, 1.82) is 0 Å². The summed E-state index contributed by atoms with van der Waals surface area (Å²) in [7, 11) is 1.62. The van der Waals surface area contributed by atoms with E-state index in [2.05, 4.69) is 0 Å². The standard InChI is InChI=1S/C22H22O4/c1-14(2)9-10-25-18-11-15(3)21-19(13-18)26-20(22(21)23)12-16-5-7-17(24-4)8-6-16/h5-9,11-13H,10H2,1-4H3/b20-12-. The lowest BCUT2D eigenvalue weighted by molar-refractivity contribution is 0.101. The fourth-order valence-corrected chi connectivity index (χ4v) is 2.72. The van der Waals surface area contributed by atoms with Crippen molar-refractivity contribution in [3.8, 4) is 17.2 Å². The summed E-state index contributed by atoms with van der Waals surface area (Å²) in [5.74, 6) is 2.21. The molecule has 0 bridgehead atoms. The van der Waals surface area contributed by atoms with Crippen LogP contribution >= 0.6 is 0 Å². The number of ether oxygens (including phenoxy) is 3. The van der Waals surface area contributed by atoms with E-state index in [1.54, 1.807) is 19.3 Å². The number of rotatable bonds is 5. The second-order valence-electron chi connectivity index (χ2n) is 6.42. The molecule has 0 aliphatic carbocycles. The Labute approximate surface area is 153 Å². The van der Waals surface area contributed by atoms with Crippen molar-refractivity contribution in [2.24, 2.45) is 0 Å². The number of carbonyl (C=O) groups is 1. The summed E-state index contributed by atoms with van der Waals surface area (Å²) in [5, 5.41) is 0. The lowest BCUT2D eigenvalue weighted by atomic mass is 10.0. The molecular weight excluding hydrogens is 328 g/mol. The van der Waals surface area contributed by atoms with Crippen LogP contribution in [-0.4, -0.2) is 19.5 Å². The largest absolute Gasteiger partial charge is 0.497 e. The van der Waals surface area contributed by atoms with Gasteiger partial charge < -0.3 is 14.2 Å². The molecule has 0 unspecified atom stereocenters. The number of aryl methyl sites for hydroxylation is 1. The van der Waals surface area contributed by atoms with Crippen LogP contribution in [0, 0.1) is 6.92 Å². The molecule has 26 heavy (non-hydrogen) atoms. The van der Waals surface area contributed by atoms with E-state index in [9.17, 15) is 4.79 Å². The van der Waals surface area contributed by atoms with Crippen LogP contribution < -0.4 is 14.2 Å². The second-order valence-corrected chi connectivity index (χ2v) is 6.42. The van der Waals surface area contributed by atoms with Gasteiger partial charge in [-0.1, -0.05) is 17.7 Å². The molecule has 0 aromatic heterocycles. The summed E-state index contributed by atoms with van der Waals surface area (Å²) in [6.45, 7) is 6.43. The Bertz CT molecular complexity index is 885. The van der Waals surface area contributed by atoms with Crippen LogP contribution in [0.3, 0.4) is 0 Å². The zero-order valence-electron chi connectivity index (χ0n) is 15.5. The van der Waals surface area contributed by atoms with Crippen LogP contribution in [-0.2, 0) is 0 Å². The van der Waals surface area contributed by atoms with Gasteiger partial charge in [-0.05, 0) is 62.2 Å². The molecule has 4 nitrogen and oxygen atoms in total. The molecule has 0 saturated carbocycles. The maximum Gasteiger partial charge on any atom is 0.232 e. The first kappa shape index (κ1) is 17.8. The van der Waals surface area contributed by atoms with Gasteiger partial charge in [0.25, 0.3) is 0 Å². The molecule has 1 aliphatic heterocycles. The van der Waals surface area contributed by atoms with E-state index in [1.807, 2.05) is 57.2 Å². The Balaban J connectivity index is 1.84. The maximum absolute atomic E-state index is 12.7. The summed E-state index contributed by atoms with van der Waals surface area (Å²) in [4.78, 5) is 12.7. The fourth-order valence-electron chi connectivity index (χ4n) is 2.72. The summed E-state index contributed by atoms with van der Waals surface area (Å²) in [5.41, 5.74) is 3.51. The Morgan fingerprint density at radius 1 is 1.12 bits per heavy atom. The van der Waals surface area contributed by atoms with Crippen molar-refractivity contribution in [1.82, 2.24) is 0 Å². The number of fused-ring (bicyclic) bond motifs is 1. The highest BCUT2D eigenvalue weighted by atomic mass is 16.5. The van der Waals surface area contributed by atoms with E-state index in [1.165, 1.54) is 5.57 Å². The molecule has 2 aromatic rings. The number of allylic oxidation sites excluding steroid dienone is 2. The van der Waals surface area contributed by atoms with Gasteiger partial charge in [0.1, 0.15) is 23.9 Å². The highest BCUT2D eigenvalue weighted by Gasteiger charge is 2.29. The molecule has 2 aromatic carbocycles. The van der Waals surface area contributed by atoms with Gasteiger partial charge in [-0.15, -0.1) is 0 Å². The normalized spacial score (nSPS) is 14.0. The molecule has 3 rings (SSSR count). The average molecular weight is 350 g/mol. The topological polar surface area (TPSA) is 44.8 Å². The summed E-state index contributed by atoms with van der Waals surface area (Å²) < 4.78 is 16.7. The maximum atomic E-state index is 12.7. The molecule has 0 spiro atoms. The van der Waals surface area contributed by atoms with Crippen LogP contribution in [0.15, 0.2) is 53.8 Å². The van der Waals surface area contributed by atoms with Gasteiger partial charge in [-0.25, -0.2) is 0 Å². The predicted octanol–water partition coefficient (Wildman–Crippen LogP) is 4.96. The zero-order chi connectivity index (χ0) is 18.7. The number of ketones is 1. The molecule has 0 fully saturated rings. The average Bonchev–Trinajstić information content (AvgIpc) is 2.91. The smallest absolute Gasteiger partial charge is 0.232 e. The van der Waals surface area contributed by atoms with Crippen LogP contribution in [0.5, 0.6) is 17.2 Å². The summed E-state index contributed by atoms with van der Waals surface area (Å²) in [6, 6.07) is 11.1. The van der Waals surface area contributed by atoms with Crippen molar-refractivity contribution in [2.75, 3.05) is 13.7 Å². The molecule has 0 amide bonds. The van der Waals surface area contributed by atoms with Crippen LogP contribution in [0.2, 0.25) is 0 Å². The van der Waals surface area contributed by atoms with E-state index in [0.717, 1.165) is 16.9 Å². The van der Waals surface area contributed by atoms with Crippen LogP contribution in [0.4, 0.5) is 0 Å². The Hall–Kier alpha value is -3.01. The first-order valence-corrected chi connectivity index (χ1v) is 8.47. The Kier molecular flexibility index (Phi) is 5.12. The van der Waals surface area contributed by atoms with E-state index in [-0.39, 0.29) is 5.78 Å². The van der Waals surface area contributed by atoms with Crippen LogP contribution in [0.25, 0.3) is 6.08 Å². The quantitative estimate of drug-likeness (QED) is 0.564. The zero-order valence-corrected chi connectivity index (χ0v) is 15.5. The monoisotopic (exact) mass is 350 g/mol. The highest BCUT2D eigenvalue weighted by Crippen LogP contribution is 2.37. The third-order valence-corrected chi connectivity index (χ3v) is 4.10. The van der Waals surface area contributed by atoms with Gasteiger partial charge in [0.15, 0.2) is 5.76 Å². The minimum atomic E-state index is -0.107. The number of carbonyl (C=O) groups excluding carboxylic acids is 1. The number of benzene rings is 2. The van der Waals surface area contributed by atoms with E-state index < -0.39 is 0 Å². The van der Waals surface area contributed by atoms with Crippen molar-refractivity contribution in [3.63, 3.8) is 0 Å². The van der Waals surface area contributed by atoms with E-state index in [4.69, 9.17) is 14.2 Å². The second kappa shape index (κ2) is 7.48. The van der Waals surface area contributed by atoms with Gasteiger partial charge in [0.05, 0.1) is 12.7 Å². The molecule has 0 radical (unpaired) electrons. The van der Waals surface area contributed by atoms with Crippen molar-refractivity contribution in [3.05, 3.63) is 70.5 Å². The SMILES string of the molecule is COc1ccc(/C=C2\Oc3cc(OCC=C(C)C)cc(C)c3C2=O)cc1. The molecule has 134 valence electrons. The lowest BCUT2D eigenvalue weighted by Crippen LogP contribution is -2.00. The van der Waals surface area contributed by atoms with Crippen molar-refractivity contribution in [2.45, 2.75) is 20.8 Å². The Morgan fingerprint density at radius 2 is 1.85 bits per heavy atom. The van der Waals surface area contributed by atoms with Gasteiger partial charge >= 0.3 is 0 Å². The number of hydrogen-bond acceptors (Lipinski definition) is 4. The molecule has 1 aliphatic rings. The van der Waals surface area contributed by atoms with Gasteiger partial charge in [0.2, 0.25) is 5.78 Å². The first-order chi connectivity index (χ1) is 12.5. The Morgan fingerprint density at radius 3 is 2.50 bits per heavy atom. The minimum Gasteiger partial charge on any atom is -0.497 e. The number of methoxy groups -OCH3 is 1. The van der Waals surface area contributed by atoms with Crippen LogP contribution in [0.1, 0.15) is 35.3 Å². The fraction of sp³-hybridized carbons (Fsp3) is 0.227. The van der Waals surface area contributed by atoms with Gasteiger partial charge in [0, 0.05) is 6.07 Å². The van der Waals surface area contributed by atoms with Gasteiger partial charge in [-0.3, -0.25) is 4.79 Å². The lowest BCUT2D eigenvalue weighted by Gasteiger charge is -2.07. The first-order valence-electron chi connectivity index (χ1n) is 8.47. The molecule has 0 atom stereocenters. The summed E-state index contributed by atoms with van der Waals surface area (Å²) in [6.07, 6.45) is 3.74. The molecule has 0 N–H and O–H groups in total. The molecule has 4 heteroatoms. The third-order valence-electron chi connectivity index (χ3n) is 4.10. The predicted molar refractivity (Wildman–Crippen MR) is 102 cm³/mol. The third kappa shape index (κ3) is 3.80. The van der Waals surface area contributed by atoms with E-state index in [0.29, 0.717) is 29.4 Å². The molecule has 1 heterocycles. The van der Waals surface area contributed by atoms with E-state index >= 15 is 0 Å². The minimum absolute atomic E-state index is 0.107. The van der Waals surface area contributed by atoms with Crippen molar-refractivity contribution >= 4 is 11.9 Å². The number of Topliss-reactive ketones (excluding diaryl/α,β-unsaturated/α-hetero) is 1. The highest BCUT2D eigenvalue weighted by molar-refractivity contribution is 6.15.